The Labute approximate surface area is 147 Å². The average Bonchev–Trinajstić information content (AvgIpc) is 2.68. The van der Waals surface area contributed by atoms with Gasteiger partial charge in [-0.2, -0.15) is 4.98 Å². The van der Waals surface area contributed by atoms with Gasteiger partial charge in [0.05, 0.1) is 17.2 Å². The summed E-state index contributed by atoms with van der Waals surface area (Å²) in [5, 5.41) is 0. The average molecular weight is 335 g/mol. The lowest BCUT2D eigenvalue weighted by Crippen LogP contribution is -2.47. The molecule has 0 unspecified atom stereocenters. The number of rotatable bonds is 3. The molecule has 0 saturated carbocycles. The van der Waals surface area contributed by atoms with Gasteiger partial charge in [-0.3, -0.25) is 4.98 Å². The summed E-state index contributed by atoms with van der Waals surface area (Å²) in [6.07, 6.45) is 3.69. The maximum Gasteiger partial charge on any atom is 0.226 e. The van der Waals surface area contributed by atoms with Crippen LogP contribution in [0.2, 0.25) is 0 Å². The van der Waals surface area contributed by atoms with Crippen molar-refractivity contribution in [1.29, 1.82) is 0 Å². The highest BCUT2D eigenvalue weighted by Crippen LogP contribution is 2.20. The van der Waals surface area contributed by atoms with Crippen molar-refractivity contribution in [3.05, 3.63) is 42.7 Å². The van der Waals surface area contributed by atoms with Crippen LogP contribution in [0, 0.1) is 0 Å². The summed E-state index contributed by atoms with van der Waals surface area (Å²) < 4.78 is 0. The zero-order chi connectivity index (χ0) is 17.2. The molecule has 25 heavy (non-hydrogen) atoms. The Morgan fingerprint density at radius 3 is 2.20 bits per heavy atom. The van der Waals surface area contributed by atoms with Crippen LogP contribution in [-0.4, -0.2) is 60.2 Å². The van der Waals surface area contributed by atoms with Crippen LogP contribution in [0.25, 0.3) is 11.0 Å². The Balaban J connectivity index is 1.48. The lowest BCUT2D eigenvalue weighted by molar-refractivity contribution is 0.641. The first-order valence-electron chi connectivity index (χ1n) is 8.43. The number of piperazine rings is 1. The zero-order valence-electron chi connectivity index (χ0n) is 14.5. The van der Waals surface area contributed by atoms with Gasteiger partial charge in [0, 0.05) is 46.5 Å². The Morgan fingerprint density at radius 1 is 0.800 bits per heavy atom. The summed E-state index contributed by atoms with van der Waals surface area (Å²) in [5.41, 5.74) is 1.87. The lowest BCUT2D eigenvalue weighted by Gasteiger charge is -2.36. The van der Waals surface area contributed by atoms with Gasteiger partial charge in [-0.15, -0.1) is 0 Å². The molecule has 0 N–H and O–H groups in total. The molecule has 0 aliphatic carbocycles. The lowest BCUT2D eigenvalue weighted by atomic mass is 10.3. The zero-order valence-corrected chi connectivity index (χ0v) is 14.5. The highest BCUT2D eigenvalue weighted by molar-refractivity contribution is 5.75. The number of para-hydroxylation sites is 2. The van der Waals surface area contributed by atoms with Gasteiger partial charge in [-0.25, -0.2) is 9.97 Å². The smallest absolute Gasteiger partial charge is 0.226 e. The topological polar surface area (TPSA) is 61.3 Å². The summed E-state index contributed by atoms with van der Waals surface area (Å²) in [6.45, 7) is 3.60. The predicted octanol–water partition coefficient (Wildman–Crippen LogP) is 1.81. The minimum atomic E-state index is 0.736. The van der Waals surface area contributed by atoms with Crippen LogP contribution in [0.5, 0.6) is 0 Å². The third-order valence-electron chi connectivity index (χ3n) is 4.39. The van der Waals surface area contributed by atoms with Crippen molar-refractivity contribution >= 4 is 28.6 Å². The van der Waals surface area contributed by atoms with Crippen LogP contribution in [0.15, 0.2) is 42.7 Å². The number of hydrogen-bond acceptors (Lipinski definition) is 7. The second-order valence-electron chi connectivity index (χ2n) is 6.30. The molecule has 3 heterocycles. The standard InChI is InChI=1S/C18H21N7/c1-23(2)18-19-8-7-16(22-18)24-9-11-25(12-10-24)17-13-20-14-5-3-4-6-15(14)21-17/h3-8,13H,9-12H2,1-2H3. The minimum Gasteiger partial charge on any atom is -0.353 e. The van der Waals surface area contributed by atoms with Crippen LogP contribution in [0.4, 0.5) is 17.6 Å². The molecule has 0 radical (unpaired) electrons. The molecule has 1 fully saturated rings. The van der Waals surface area contributed by atoms with E-state index in [1.807, 2.05) is 61.7 Å². The second kappa shape index (κ2) is 6.51. The van der Waals surface area contributed by atoms with Crippen LogP contribution in [-0.2, 0) is 0 Å². The summed E-state index contributed by atoms with van der Waals surface area (Å²) in [4.78, 5) is 24.7. The van der Waals surface area contributed by atoms with Gasteiger partial charge in [-0.05, 0) is 18.2 Å². The number of benzene rings is 1. The van der Waals surface area contributed by atoms with Gasteiger partial charge in [-0.1, -0.05) is 12.1 Å². The van der Waals surface area contributed by atoms with Crippen molar-refractivity contribution < 1.29 is 0 Å². The van der Waals surface area contributed by atoms with Gasteiger partial charge in [0.2, 0.25) is 5.95 Å². The molecule has 7 nitrogen and oxygen atoms in total. The van der Waals surface area contributed by atoms with E-state index < -0.39 is 0 Å². The van der Waals surface area contributed by atoms with Crippen LogP contribution in [0.3, 0.4) is 0 Å². The SMILES string of the molecule is CN(C)c1nccc(N2CCN(c3cnc4ccccc4n3)CC2)n1. The first-order chi connectivity index (χ1) is 12.2. The van der Waals surface area contributed by atoms with E-state index in [4.69, 9.17) is 4.98 Å². The fourth-order valence-corrected chi connectivity index (χ4v) is 3.00. The molecular weight excluding hydrogens is 314 g/mol. The van der Waals surface area contributed by atoms with E-state index in [0.29, 0.717) is 0 Å². The van der Waals surface area contributed by atoms with E-state index >= 15 is 0 Å². The van der Waals surface area contributed by atoms with Gasteiger partial charge in [0.1, 0.15) is 11.6 Å². The molecule has 0 atom stereocenters. The monoisotopic (exact) mass is 335 g/mol. The van der Waals surface area contributed by atoms with Crippen molar-refractivity contribution in [1.82, 2.24) is 19.9 Å². The van der Waals surface area contributed by atoms with E-state index in [2.05, 4.69) is 24.8 Å². The summed E-state index contributed by atoms with van der Waals surface area (Å²) in [6, 6.07) is 9.95. The number of hydrogen-bond donors (Lipinski definition) is 0. The molecule has 128 valence electrons. The maximum atomic E-state index is 4.75. The van der Waals surface area contributed by atoms with Crippen molar-refractivity contribution in [3.8, 4) is 0 Å². The molecule has 1 aliphatic rings. The Kier molecular flexibility index (Phi) is 4.05. The van der Waals surface area contributed by atoms with E-state index in [1.165, 1.54) is 0 Å². The van der Waals surface area contributed by atoms with Crippen molar-refractivity contribution in [2.24, 2.45) is 0 Å². The van der Waals surface area contributed by atoms with Crippen molar-refractivity contribution in [3.63, 3.8) is 0 Å². The Morgan fingerprint density at radius 2 is 1.48 bits per heavy atom. The van der Waals surface area contributed by atoms with E-state index in [-0.39, 0.29) is 0 Å². The van der Waals surface area contributed by atoms with E-state index in [9.17, 15) is 0 Å². The third-order valence-corrected chi connectivity index (χ3v) is 4.39. The first-order valence-corrected chi connectivity index (χ1v) is 8.43. The van der Waals surface area contributed by atoms with Crippen molar-refractivity contribution in [2.75, 3.05) is 55.0 Å². The first kappa shape index (κ1) is 15.6. The van der Waals surface area contributed by atoms with Crippen LogP contribution < -0.4 is 14.7 Å². The van der Waals surface area contributed by atoms with Crippen LogP contribution in [0.1, 0.15) is 0 Å². The molecule has 2 aromatic heterocycles. The molecule has 3 aromatic rings. The summed E-state index contributed by atoms with van der Waals surface area (Å²) >= 11 is 0. The number of nitrogens with zero attached hydrogens (tertiary/aromatic N) is 7. The van der Waals surface area contributed by atoms with Crippen molar-refractivity contribution in [2.45, 2.75) is 0 Å². The second-order valence-corrected chi connectivity index (χ2v) is 6.30. The van der Waals surface area contributed by atoms with E-state index in [0.717, 1.165) is 54.8 Å². The highest BCUT2D eigenvalue weighted by Gasteiger charge is 2.20. The highest BCUT2D eigenvalue weighted by atomic mass is 15.3. The Bertz CT molecular complexity index is 872. The molecule has 0 bridgehead atoms. The number of fused-ring (bicyclic) bond motifs is 1. The van der Waals surface area contributed by atoms with Gasteiger partial charge in [0.15, 0.2) is 0 Å². The minimum absolute atomic E-state index is 0.736. The molecule has 7 heteroatoms. The molecule has 1 aromatic carbocycles. The molecule has 0 amide bonds. The maximum absolute atomic E-state index is 4.75. The summed E-state index contributed by atoms with van der Waals surface area (Å²) in [5.74, 6) is 2.65. The fraction of sp³-hybridized carbons (Fsp3) is 0.333. The molecule has 0 spiro atoms. The normalized spacial score (nSPS) is 14.8. The summed E-state index contributed by atoms with van der Waals surface area (Å²) in [7, 11) is 3.91. The predicted molar refractivity (Wildman–Crippen MR) is 100 cm³/mol. The van der Waals surface area contributed by atoms with E-state index in [1.54, 1.807) is 0 Å². The molecule has 4 rings (SSSR count). The number of anilines is 3. The van der Waals surface area contributed by atoms with Gasteiger partial charge < -0.3 is 14.7 Å². The Hall–Kier alpha value is -2.96. The van der Waals surface area contributed by atoms with Gasteiger partial charge in [0.25, 0.3) is 0 Å². The van der Waals surface area contributed by atoms with Gasteiger partial charge >= 0.3 is 0 Å². The third kappa shape index (κ3) is 3.17. The number of aromatic nitrogens is 4. The fourth-order valence-electron chi connectivity index (χ4n) is 3.00. The molecule has 1 aliphatic heterocycles. The molecular formula is C18H21N7. The largest absolute Gasteiger partial charge is 0.353 e. The van der Waals surface area contributed by atoms with Crippen LogP contribution >= 0.6 is 0 Å². The quantitative estimate of drug-likeness (QED) is 0.723. The molecule has 1 saturated heterocycles.